The highest BCUT2D eigenvalue weighted by atomic mass is 35.5. The van der Waals surface area contributed by atoms with Crippen molar-refractivity contribution in [3.05, 3.63) is 25.3 Å². The van der Waals surface area contributed by atoms with Crippen molar-refractivity contribution in [1.29, 1.82) is 0 Å². The molecule has 1 unspecified atom stereocenters. The summed E-state index contributed by atoms with van der Waals surface area (Å²) in [7, 11) is 0. The molecule has 0 aliphatic heterocycles. The third-order valence-corrected chi connectivity index (χ3v) is 4.41. The molecule has 2 amide bonds. The number of alkyl halides is 2. The van der Waals surface area contributed by atoms with Gasteiger partial charge in [-0.25, -0.2) is 0 Å². The van der Waals surface area contributed by atoms with Gasteiger partial charge in [-0.15, -0.1) is 13.2 Å². The number of nitrogens with one attached hydrogen (secondary N) is 1. The van der Waals surface area contributed by atoms with E-state index in [9.17, 15) is 9.59 Å². The molecule has 1 rings (SSSR count). The molecule has 0 heterocycles. The molecule has 24 heavy (non-hydrogen) atoms. The van der Waals surface area contributed by atoms with Gasteiger partial charge in [-0.05, 0) is 25.7 Å². The molecule has 0 saturated heterocycles. The van der Waals surface area contributed by atoms with E-state index in [1.54, 1.807) is 12.2 Å². The van der Waals surface area contributed by atoms with Crippen LogP contribution in [0, 0.1) is 5.92 Å². The summed E-state index contributed by atoms with van der Waals surface area (Å²) in [6.07, 6.45) is 9.73. The van der Waals surface area contributed by atoms with Crippen LogP contribution in [0.15, 0.2) is 25.3 Å². The fourth-order valence-electron chi connectivity index (χ4n) is 2.65. The maximum absolute atomic E-state index is 11.2. The van der Waals surface area contributed by atoms with Crippen LogP contribution in [0.5, 0.6) is 0 Å². The van der Waals surface area contributed by atoms with Crippen molar-refractivity contribution >= 4 is 47.0 Å². The number of amides is 2. The van der Waals surface area contributed by atoms with E-state index in [0.29, 0.717) is 25.0 Å². The molecule has 0 radical (unpaired) electrons. The Kier molecular flexibility index (Phi) is 13.3. The summed E-state index contributed by atoms with van der Waals surface area (Å²) in [5.74, 6) is 0.355. The van der Waals surface area contributed by atoms with Crippen LogP contribution in [0.2, 0.25) is 0 Å². The SMILES string of the molecule is C=CCN(CC=C)C(=O)C(Cl)Cl.CC(NC(=O)S)C1CCCCC1. The lowest BCUT2D eigenvalue weighted by molar-refractivity contribution is -0.128. The fraction of sp³-hybridized carbons (Fsp3) is 0.647. The van der Waals surface area contributed by atoms with Gasteiger partial charge in [0.1, 0.15) is 0 Å². The number of carbonyl (C=O) groups is 2. The minimum Gasteiger partial charge on any atom is -0.344 e. The summed E-state index contributed by atoms with van der Waals surface area (Å²) in [5.41, 5.74) is 0. The summed E-state index contributed by atoms with van der Waals surface area (Å²) in [4.78, 5) is 22.3. The van der Waals surface area contributed by atoms with Crippen molar-refractivity contribution in [2.24, 2.45) is 5.92 Å². The van der Waals surface area contributed by atoms with Gasteiger partial charge in [-0.2, -0.15) is 0 Å². The number of hydrogen-bond acceptors (Lipinski definition) is 2. The number of nitrogens with zero attached hydrogens (tertiary/aromatic N) is 1. The fourth-order valence-corrected chi connectivity index (χ4v) is 3.13. The maximum atomic E-state index is 11.2. The molecule has 7 heteroatoms. The van der Waals surface area contributed by atoms with Crippen LogP contribution in [-0.4, -0.2) is 40.0 Å². The molecule has 1 atom stereocenters. The van der Waals surface area contributed by atoms with Crippen molar-refractivity contribution in [1.82, 2.24) is 10.2 Å². The topological polar surface area (TPSA) is 49.4 Å². The van der Waals surface area contributed by atoms with E-state index in [-0.39, 0.29) is 11.1 Å². The van der Waals surface area contributed by atoms with Crippen LogP contribution < -0.4 is 5.32 Å². The summed E-state index contributed by atoms with van der Waals surface area (Å²) < 4.78 is 0. The van der Waals surface area contributed by atoms with Crippen LogP contribution in [0.4, 0.5) is 4.79 Å². The minimum atomic E-state index is -1.01. The van der Waals surface area contributed by atoms with Gasteiger partial charge in [0.2, 0.25) is 0 Å². The largest absolute Gasteiger partial charge is 0.344 e. The first kappa shape index (κ1) is 23.4. The van der Waals surface area contributed by atoms with Crippen molar-refractivity contribution in [2.45, 2.75) is 49.9 Å². The second-order valence-electron chi connectivity index (χ2n) is 5.76. The lowest BCUT2D eigenvalue weighted by atomic mass is 9.85. The Bertz CT molecular complexity index is 403. The zero-order chi connectivity index (χ0) is 18.5. The molecule has 0 aromatic carbocycles. The standard InChI is InChI=1S/C9H17NOS.C8H11Cl2NO/c1-7(10-9(11)12)8-5-3-2-4-6-8;1-3-5-11(6-4-2)8(12)7(9)10/h7-8H,2-6H2,1H3,(H2,10,11,12);3-4,7H,1-2,5-6H2. The van der Waals surface area contributed by atoms with Gasteiger partial charge in [0.15, 0.2) is 4.84 Å². The highest BCUT2D eigenvalue weighted by Crippen LogP contribution is 2.26. The summed E-state index contributed by atoms with van der Waals surface area (Å²) in [5, 5.41) is 2.64. The molecule has 0 aromatic heterocycles. The number of thiol groups is 1. The van der Waals surface area contributed by atoms with Crippen LogP contribution in [0.3, 0.4) is 0 Å². The van der Waals surface area contributed by atoms with Gasteiger partial charge in [0.25, 0.3) is 11.1 Å². The first-order valence-corrected chi connectivity index (χ1v) is 9.43. The van der Waals surface area contributed by atoms with Gasteiger partial charge >= 0.3 is 0 Å². The number of rotatable bonds is 7. The molecule has 138 valence electrons. The number of halogens is 2. The predicted molar refractivity (Wildman–Crippen MR) is 106 cm³/mol. The third-order valence-electron chi connectivity index (χ3n) is 3.91. The first-order valence-electron chi connectivity index (χ1n) is 8.11. The minimum absolute atomic E-state index is 0.201. The van der Waals surface area contributed by atoms with E-state index in [1.807, 2.05) is 0 Å². The zero-order valence-corrected chi connectivity index (χ0v) is 16.6. The Balaban J connectivity index is 0.000000441. The second kappa shape index (κ2) is 13.6. The molecule has 1 N–H and O–H groups in total. The Hall–Kier alpha value is -0.650. The monoisotopic (exact) mass is 394 g/mol. The van der Waals surface area contributed by atoms with E-state index in [4.69, 9.17) is 23.2 Å². The van der Waals surface area contributed by atoms with E-state index < -0.39 is 4.84 Å². The molecular weight excluding hydrogens is 367 g/mol. The molecule has 1 fully saturated rings. The Morgan fingerprint density at radius 1 is 1.21 bits per heavy atom. The number of carbonyl (C=O) groups excluding carboxylic acids is 2. The molecule has 1 saturated carbocycles. The van der Waals surface area contributed by atoms with Gasteiger partial charge in [0, 0.05) is 19.1 Å². The van der Waals surface area contributed by atoms with Crippen LogP contribution in [0.25, 0.3) is 0 Å². The third kappa shape index (κ3) is 10.3. The van der Waals surface area contributed by atoms with Gasteiger partial charge in [0.05, 0.1) is 0 Å². The van der Waals surface area contributed by atoms with Crippen LogP contribution in [-0.2, 0) is 4.79 Å². The Morgan fingerprint density at radius 2 is 1.71 bits per heavy atom. The second-order valence-corrected chi connectivity index (χ2v) is 7.26. The normalized spacial score (nSPS) is 15.7. The lowest BCUT2D eigenvalue weighted by Crippen LogP contribution is -2.36. The van der Waals surface area contributed by atoms with Crippen LogP contribution >= 0.6 is 35.8 Å². The van der Waals surface area contributed by atoms with Gasteiger partial charge in [-0.1, -0.05) is 67.2 Å². The van der Waals surface area contributed by atoms with E-state index in [0.717, 1.165) is 0 Å². The highest BCUT2D eigenvalue weighted by molar-refractivity contribution is 7.96. The molecule has 0 bridgehead atoms. The quantitative estimate of drug-likeness (QED) is 0.377. The van der Waals surface area contributed by atoms with Gasteiger partial charge < -0.3 is 10.2 Å². The lowest BCUT2D eigenvalue weighted by Gasteiger charge is -2.27. The highest BCUT2D eigenvalue weighted by Gasteiger charge is 2.20. The molecule has 1 aliphatic rings. The summed E-state index contributed by atoms with van der Waals surface area (Å²) in [6.45, 7) is 9.96. The van der Waals surface area contributed by atoms with E-state index >= 15 is 0 Å². The molecule has 0 spiro atoms. The average Bonchev–Trinajstić information content (AvgIpc) is 2.54. The van der Waals surface area contributed by atoms with Crippen molar-refractivity contribution in [3.63, 3.8) is 0 Å². The summed E-state index contributed by atoms with van der Waals surface area (Å²) >= 11 is 14.5. The molecular formula is C17H28Cl2N2O2S. The van der Waals surface area contributed by atoms with Gasteiger partial charge in [-0.3, -0.25) is 9.59 Å². The Morgan fingerprint density at radius 3 is 2.08 bits per heavy atom. The zero-order valence-electron chi connectivity index (χ0n) is 14.2. The smallest absolute Gasteiger partial charge is 0.276 e. The van der Waals surface area contributed by atoms with E-state index in [1.165, 1.54) is 37.0 Å². The molecule has 0 aromatic rings. The molecule has 4 nitrogen and oxygen atoms in total. The Labute approximate surface area is 161 Å². The summed E-state index contributed by atoms with van der Waals surface area (Å²) in [6, 6.07) is 0.301. The van der Waals surface area contributed by atoms with E-state index in [2.05, 4.69) is 38.0 Å². The molecule has 1 aliphatic carbocycles. The van der Waals surface area contributed by atoms with Crippen LogP contribution in [0.1, 0.15) is 39.0 Å². The first-order chi connectivity index (χ1) is 11.3. The van der Waals surface area contributed by atoms with Crippen molar-refractivity contribution in [2.75, 3.05) is 13.1 Å². The average molecular weight is 395 g/mol. The maximum Gasteiger partial charge on any atom is 0.276 e. The van der Waals surface area contributed by atoms with Crippen molar-refractivity contribution in [3.8, 4) is 0 Å². The van der Waals surface area contributed by atoms with Crippen molar-refractivity contribution < 1.29 is 9.59 Å². The predicted octanol–water partition coefficient (Wildman–Crippen LogP) is 4.59. The number of hydrogen-bond donors (Lipinski definition) is 2.